The first-order chi connectivity index (χ1) is 8.99. The third kappa shape index (κ3) is 2.76. The normalized spacial score (nSPS) is 12.2. The van der Waals surface area contributed by atoms with Crippen LogP contribution < -0.4 is 4.74 Å². The van der Waals surface area contributed by atoms with Crippen LogP contribution in [0.25, 0.3) is 11.3 Å². The van der Waals surface area contributed by atoms with Crippen molar-refractivity contribution in [1.29, 1.82) is 0 Å². The minimum Gasteiger partial charge on any atom is -0.479 e. The second kappa shape index (κ2) is 5.14. The fraction of sp³-hybridized carbons (Fsp3) is 0.286. The van der Waals surface area contributed by atoms with Crippen LogP contribution in [-0.4, -0.2) is 27.0 Å². The van der Waals surface area contributed by atoms with Crippen molar-refractivity contribution in [3.8, 4) is 17.0 Å². The molecule has 0 bridgehead atoms. The summed E-state index contributed by atoms with van der Waals surface area (Å²) < 4.78 is 7.10. The molecule has 2 rings (SSSR count). The molecular weight excluding hydrogens is 244 g/mol. The Morgan fingerprint density at radius 3 is 2.47 bits per heavy atom. The number of ether oxygens (including phenoxy) is 1. The molecule has 0 spiro atoms. The van der Waals surface area contributed by atoms with Crippen LogP contribution in [0.2, 0.25) is 0 Å². The summed E-state index contributed by atoms with van der Waals surface area (Å²) in [5.74, 6) is -0.440. The van der Waals surface area contributed by atoms with Crippen molar-refractivity contribution in [2.24, 2.45) is 7.05 Å². The van der Waals surface area contributed by atoms with Crippen molar-refractivity contribution in [2.45, 2.75) is 20.0 Å². The maximum absolute atomic E-state index is 10.7. The van der Waals surface area contributed by atoms with Crippen LogP contribution in [-0.2, 0) is 11.8 Å². The maximum Gasteiger partial charge on any atom is 0.344 e. The van der Waals surface area contributed by atoms with Crippen molar-refractivity contribution in [1.82, 2.24) is 9.78 Å². The van der Waals surface area contributed by atoms with Crippen molar-refractivity contribution >= 4 is 5.97 Å². The number of rotatable bonds is 4. The summed E-state index contributed by atoms with van der Waals surface area (Å²) in [5.41, 5.74) is 3.15. The smallest absolute Gasteiger partial charge is 0.344 e. The van der Waals surface area contributed by atoms with Gasteiger partial charge in [-0.15, -0.1) is 0 Å². The highest BCUT2D eigenvalue weighted by Gasteiger charge is 2.13. The van der Waals surface area contributed by atoms with Crippen molar-refractivity contribution in [3.05, 3.63) is 36.0 Å². The first-order valence-electron chi connectivity index (χ1n) is 5.97. The van der Waals surface area contributed by atoms with Gasteiger partial charge < -0.3 is 9.84 Å². The predicted octanol–water partition coefficient (Wildman–Crippen LogP) is 2.25. The summed E-state index contributed by atoms with van der Waals surface area (Å²) >= 11 is 0. The van der Waals surface area contributed by atoms with Crippen LogP contribution in [0.3, 0.4) is 0 Å². The molecule has 0 saturated heterocycles. The fourth-order valence-electron chi connectivity index (χ4n) is 1.91. The fourth-order valence-corrected chi connectivity index (χ4v) is 1.91. The Morgan fingerprint density at radius 2 is 2.00 bits per heavy atom. The Balaban J connectivity index is 2.22. The molecule has 19 heavy (non-hydrogen) atoms. The van der Waals surface area contributed by atoms with Gasteiger partial charge in [0.2, 0.25) is 0 Å². The number of aromatic nitrogens is 2. The molecule has 0 aliphatic carbocycles. The van der Waals surface area contributed by atoms with Gasteiger partial charge in [0.1, 0.15) is 5.75 Å². The lowest BCUT2D eigenvalue weighted by Crippen LogP contribution is -2.22. The van der Waals surface area contributed by atoms with E-state index in [0.717, 1.165) is 16.8 Å². The van der Waals surface area contributed by atoms with E-state index in [0.29, 0.717) is 5.75 Å². The van der Waals surface area contributed by atoms with Gasteiger partial charge in [-0.3, -0.25) is 4.68 Å². The lowest BCUT2D eigenvalue weighted by molar-refractivity contribution is -0.144. The van der Waals surface area contributed by atoms with Gasteiger partial charge in [-0.2, -0.15) is 5.10 Å². The number of hydrogen-bond acceptors (Lipinski definition) is 3. The number of aryl methyl sites for hydroxylation is 2. The van der Waals surface area contributed by atoms with Crippen LogP contribution in [0.4, 0.5) is 0 Å². The van der Waals surface area contributed by atoms with E-state index in [9.17, 15) is 4.79 Å². The Morgan fingerprint density at radius 1 is 1.37 bits per heavy atom. The number of carbonyl (C=O) groups is 1. The van der Waals surface area contributed by atoms with Crippen LogP contribution in [0.5, 0.6) is 5.75 Å². The van der Waals surface area contributed by atoms with E-state index in [1.54, 1.807) is 12.1 Å². The van der Waals surface area contributed by atoms with Gasteiger partial charge in [0, 0.05) is 12.6 Å². The molecule has 2 aromatic rings. The quantitative estimate of drug-likeness (QED) is 0.915. The molecule has 0 fully saturated rings. The van der Waals surface area contributed by atoms with E-state index in [2.05, 4.69) is 5.10 Å². The summed E-state index contributed by atoms with van der Waals surface area (Å²) in [7, 11) is 1.89. The molecule has 1 atom stereocenters. The number of nitrogens with zero attached hydrogens (tertiary/aromatic N) is 2. The predicted molar refractivity (Wildman–Crippen MR) is 71.1 cm³/mol. The molecule has 1 heterocycles. The molecule has 0 aliphatic heterocycles. The van der Waals surface area contributed by atoms with Gasteiger partial charge in [0.15, 0.2) is 6.10 Å². The van der Waals surface area contributed by atoms with E-state index in [4.69, 9.17) is 9.84 Å². The first kappa shape index (κ1) is 13.1. The van der Waals surface area contributed by atoms with E-state index in [-0.39, 0.29) is 0 Å². The number of carboxylic acid groups (broad SMARTS) is 1. The highest BCUT2D eigenvalue weighted by Crippen LogP contribution is 2.25. The standard InChI is InChI=1S/C14H16N2O3/c1-9-8-15-16(3)13(9)11-4-6-12(7-5-11)19-10(2)14(17)18/h4-8,10H,1-3H3,(H,17,18)/t10-/m0/s1. The summed E-state index contributed by atoms with van der Waals surface area (Å²) in [6.45, 7) is 3.50. The molecule has 0 aliphatic rings. The Kier molecular flexibility index (Phi) is 3.55. The van der Waals surface area contributed by atoms with Gasteiger partial charge in [-0.1, -0.05) is 0 Å². The molecule has 1 aromatic carbocycles. The average molecular weight is 260 g/mol. The molecule has 1 N–H and O–H groups in total. The molecule has 0 radical (unpaired) electrons. The Hall–Kier alpha value is -2.30. The van der Waals surface area contributed by atoms with Gasteiger partial charge in [-0.05, 0) is 43.7 Å². The van der Waals surface area contributed by atoms with Crippen molar-refractivity contribution < 1.29 is 14.6 Å². The summed E-state index contributed by atoms with van der Waals surface area (Å²) in [6, 6.07) is 7.32. The SMILES string of the molecule is Cc1cnn(C)c1-c1ccc(O[C@@H](C)C(=O)O)cc1. The van der Waals surface area contributed by atoms with Crippen molar-refractivity contribution in [3.63, 3.8) is 0 Å². The van der Waals surface area contributed by atoms with Crippen LogP contribution >= 0.6 is 0 Å². The van der Waals surface area contributed by atoms with E-state index in [1.807, 2.05) is 37.0 Å². The van der Waals surface area contributed by atoms with E-state index >= 15 is 0 Å². The van der Waals surface area contributed by atoms with Crippen LogP contribution in [0, 0.1) is 6.92 Å². The largest absolute Gasteiger partial charge is 0.479 e. The molecule has 0 amide bonds. The average Bonchev–Trinajstić information content (AvgIpc) is 2.70. The summed E-state index contributed by atoms with van der Waals surface area (Å²) in [6.07, 6.45) is 0.955. The first-order valence-corrected chi connectivity index (χ1v) is 5.97. The molecule has 0 saturated carbocycles. The molecule has 1 aromatic heterocycles. The molecule has 100 valence electrons. The lowest BCUT2D eigenvalue weighted by Gasteiger charge is -2.11. The van der Waals surface area contributed by atoms with Crippen molar-refractivity contribution in [2.75, 3.05) is 0 Å². The summed E-state index contributed by atoms with van der Waals surface area (Å²) in [5, 5.41) is 13.0. The second-order valence-corrected chi connectivity index (χ2v) is 4.42. The molecular formula is C14H16N2O3. The van der Waals surface area contributed by atoms with Gasteiger partial charge in [-0.25, -0.2) is 4.79 Å². The second-order valence-electron chi connectivity index (χ2n) is 4.42. The number of benzene rings is 1. The highest BCUT2D eigenvalue weighted by molar-refractivity contribution is 5.72. The minimum atomic E-state index is -0.980. The van der Waals surface area contributed by atoms with Gasteiger partial charge in [0.25, 0.3) is 0 Å². The Labute approximate surface area is 111 Å². The summed E-state index contributed by atoms with van der Waals surface area (Å²) in [4.78, 5) is 10.7. The van der Waals surface area contributed by atoms with Gasteiger partial charge in [0.05, 0.1) is 11.9 Å². The number of carboxylic acids is 1. The molecule has 0 unspecified atom stereocenters. The van der Waals surface area contributed by atoms with Gasteiger partial charge >= 0.3 is 5.97 Å². The lowest BCUT2D eigenvalue weighted by atomic mass is 10.1. The topological polar surface area (TPSA) is 64.4 Å². The zero-order chi connectivity index (χ0) is 14.0. The maximum atomic E-state index is 10.7. The monoisotopic (exact) mass is 260 g/mol. The highest BCUT2D eigenvalue weighted by atomic mass is 16.5. The van der Waals surface area contributed by atoms with E-state index in [1.165, 1.54) is 6.92 Å². The molecule has 5 nitrogen and oxygen atoms in total. The van der Waals surface area contributed by atoms with Crippen LogP contribution in [0.15, 0.2) is 30.5 Å². The molecule has 5 heteroatoms. The zero-order valence-electron chi connectivity index (χ0n) is 11.1. The zero-order valence-corrected chi connectivity index (χ0v) is 11.1. The third-order valence-electron chi connectivity index (χ3n) is 2.91. The van der Waals surface area contributed by atoms with Crippen LogP contribution in [0.1, 0.15) is 12.5 Å². The van der Waals surface area contributed by atoms with E-state index < -0.39 is 12.1 Å². The number of aliphatic carboxylic acids is 1. The Bertz CT molecular complexity index is 568. The number of hydrogen-bond donors (Lipinski definition) is 1. The third-order valence-corrected chi connectivity index (χ3v) is 2.91. The minimum absolute atomic E-state index is 0.540.